The smallest absolute Gasteiger partial charge is 0.410 e. The number of nitrogens with zero attached hydrogens (tertiary/aromatic N) is 5. The van der Waals surface area contributed by atoms with Crippen LogP contribution in [-0.4, -0.2) is 73.0 Å². The molecule has 4 heterocycles. The third-order valence-corrected chi connectivity index (χ3v) is 11.4. The summed E-state index contributed by atoms with van der Waals surface area (Å²) in [6, 6.07) is 14.5. The van der Waals surface area contributed by atoms with Crippen LogP contribution in [0.1, 0.15) is 91.0 Å². The number of piperidine rings is 1. The van der Waals surface area contributed by atoms with Crippen LogP contribution in [0.25, 0.3) is 43.1 Å². The number of fused-ring (bicyclic) bond motifs is 2. The molecule has 53 heavy (non-hydrogen) atoms. The molecule has 0 bridgehead atoms. The molecule has 0 aliphatic carbocycles. The fourth-order valence-electron chi connectivity index (χ4n) is 5.93. The van der Waals surface area contributed by atoms with E-state index in [1.807, 2.05) is 37.8 Å². The fourth-order valence-corrected chi connectivity index (χ4v) is 8.69. The van der Waals surface area contributed by atoms with Gasteiger partial charge in [-0.25, -0.2) is 19.2 Å². The number of aromatic nitrogens is 4. The first-order chi connectivity index (χ1) is 25.0. The van der Waals surface area contributed by atoms with Crippen LogP contribution in [-0.2, 0) is 20.7 Å². The van der Waals surface area contributed by atoms with Crippen LogP contribution in [0.2, 0.25) is 5.02 Å². The van der Waals surface area contributed by atoms with Crippen LogP contribution in [0.4, 0.5) is 4.79 Å². The first-order valence-corrected chi connectivity index (χ1v) is 22.9. The first-order valence-electron chi connectivity index (χ1n) is 17.7. The van der Waals surface area contributed by atoms with Gasteiger partial charge in [0.15, 0.2) is 0 Å². The molecule has 0 saturated carbocycles. The highest BCUT2D eigenvalue weighted by Gasteiger charge is 2.30. The van der Waals surface area contributed by atoms with Crippen molar-refractivity contribution in [2.75, 3.05) is 19.7 Å². The van der Waals surface area contributed by atoms with E-state index in [1.54, 1.807) is 39.0 Å². The molecule has 0 radical (unpaired) electrons. The number of aryl methyl sites for hydroxylation is 1. The number of carbonyl (C=O) groups is 2. The topological polar surface area (TPSA) is 120 Å². The van der Waals surface area contributed by atoms with Crippen molar-refractivity contribution in [1.29, 1.82) is 0 Å². The van der Waals surface area contributed by atoms with E-state index in [-0.39, 0.29) is 12.0 Å². The summed E-state index contributed by atoms with van der Waals surface area (Å²) in [5.41, 5.74) is 8.77. The van der Waals surface area contributed by atoms with Gasteiger partial charge in [0.1, 0.15) is 16.1 Å². The Morgan fingerprint density at radius 2 is 1.72 bits per heavy atom. The minimum absolute atomic E-state index is 0.222. The maximum atomic E-state index is 12.6. The molecule has 1 saturated heterocycles. The van der Waals surface area contributed by atoms with Gasteiger partial charge in [-0.3, -0.25) is 4.79 Å². The lowest BCUT2D eigenvalue weighted by Crippen LogP contribution is -2.41. The van der Waals surface area contributed by atoms with Gasteiger partial charge in [-0.15, -0.1) is 11.3 Å². The van der Waals surface area contributed by atoms with E-state index in [1.165, 1.54) is 21.4 Å². The van der Waals surface area contributed by atoms with Gasteiger partial charge in [0.05, 0.1) is 45.7 Å². The highest BCUT2D eigenvalue weighted by Crippen LogP contribution is 2.42. The molecule has 1 amide bonds. The monoisotopic (exact) mass is 893 g/mol. The Balaban J connectivity index is 0.000000556. The molecule has 10 nitrogen and oxygen atoms in total. The summed E-state index contributed by atoms with van der Waals surface area (Å²) in [5.74, 6) is 0.222. The Kier molecular flexibility index (Phi) is 15.1. The highest BCUT2D eigenvalue weighted by atomic mass is 127. The number of thiazole rings is 1. The number of halogens is 2. The summed E-state index contributed by atoms with van der Waals surface area (Å²) in [4.78, 5) is 34.0. The summed E-state index contributed by atoms with van der Waals surface area (Å²) in [6.07, 6.45) is 2.81. The molecule has 1 fully saturated rings. The van der Waals surface area contributed by atoms with Crippen LogP contribution < -0.4 is 0 Å². The highest BCUT2D eigenvalue weighted by molar-refractivity contribution is 14.2. The van der Waals surface area contributed by atoms with Crippen LogP contribution >= 0.6 is 51.4 Å². The third-order valence-electron chi connectivity index (χ3n) is 8.12. The van der Waals surface area contributed by atoms with Crippen molar-refractivity contribution in [2.45, 2.75) is 98.7 Å². The Morgan fingerprint density at radius 3 is 2.25 bits per heavy atom. The minimum atomic E-state index is -0.503. The maximum Gasteiger partial charge on any atom is 0.410 e. The van der Waals surface area contributed by atoms with Crippen molar-refractivity contribution in [3.05, 3.63) is 64.3 Å². The Morgan fingerprint density at radius 1 is 1.08 bits per heavy atom. The van der Waals surface area contributed by atoms with Crippen LogP contribution in [0.3, 0.4) is 0 Å². The molecule has 1 aliphatic heterocycles. The predicted molar refractivity (Wildman–Crippen MR) is 228 cm³/mol. The molecule has 1 atom stereocenters. The largest absolute Gasteiger partial charge is 0.468 e. The van der Waals surface area contributed by atoms with Gasteiger partial charge >= 0.3 is 6.09 Å². The lowest BCUT2D eigenvalue weighted by molar-refractivity contribution is -0.128. The second-order valence-corrected chi connectivity index (χ2v) is 18.2. The Bertz CT molecular complexity index is 2010. The minimum Gasteiger partial charge on any atom is -0.468 e. The average molecular weight is 894 g/mol. The number of amides is 1. The van der Waals surface area contributed by atoms with Gasteiger partial charge in [-0.1, -0.05) is 30.7 Å². The maximum absolute atomic E-state index is 12.6. The van der Waals surface area contributed by atoms with Crippen molar-refractivity contribution >= 4 is 85.2 Å². The molecule has 1 aliphatic rings. The number of benzene rings is 2. The molecule has 6 rings (SSSR count). The van der Waals surface area contributed by atoms with Gasteiger partial charge < -0.3 is 19.5 Å². The van der Waals surface area contributed by atoms with E-state index in [0.29, 0.717) is 32.5 Å². The van der Waals surface area contributed by atoms with Gasteiger partial charge in [-0.2, -0.15) is 5.10 Å². The molecule has 286 valence electrons. The number of hydrogen-bond donors (Lipinski definition) is 1. The lowest BCUT2D eigenvalue weighted by Gasteiger charge is -2.32. The predicted octanol–water partition coefficient (Wildman–Crippen LogP) is 10.8. The summed E-state index contributed by atoms with van der Waals surface area (Å²) in [6.45, 7) is 19.3. The molecule has 2 aromatic carbocycles. The van der Waals surface area contributed by atoms with Crippen molar-refractivity contribution < 1.29 is 24.2 Å². The van der Waals surface area contributed by atoms with Crippen molar-refractivity contribution in [3.63, 3.8) is 0 Å². The van der Waals surface area contributed by atoms with E-state index in [0.717, 1.165) is 62.8 Å². The van der Waals surface area contributed by atoms with Crippen molar-refractivity contribution in [3.8, 4) is 21.8 Å². The quantitative estimate of drug-likeness (QED) is 0.0974. The van der Waals surface area contributed by atoms with E-state index < -0.39 is 11.2 Å². The number of pyridine rings is 1. The van der Waals surface area contributed by atoms with Crippen LogP contribution in [0.5, 0.6) is 0 Å². The van der Waals surface area contributed by atoms with Crippen LogP contribution in [0.15, 0.2) is 42.5 Å². The standard InChI is InChI=1S/C32H34ClIN5O2PS.C4H10O.C3H6O2/c1-6-22-18(2)17-24-29(26(22)19-7-9-21(33)10-8-19)43-30(36-24)23-11-12-25-28(35-23)27(37-39(25)42-34)20-13-15-38(16-14-20)31(40)41-32(3,4)5;1-4(2,3)5;1-2-5-3-4/h7-12,17,20,42H,6,13-16H2,1-5H3;5H,1-3H3;3H,2H2,1H3. The van der Waals surface area contributed by atoms with Crippen LogP contribution in [0, 0.1) is 6.92 Å². The molecule has 0 spiro atoms. The van der Waals surface area contributed by atoms with Crippen molar-refractivity contribution in [1.82, 2.24) is 24.4 Å². The molecular weight excluding hydrogens is 844 g/mol. The average Bonchev–Trinajstić information content (AvgIpc) is 3.68. The number of aliphatic hydroxyl groups is 1. The molecule has 1 N–H and O–H groups in total. The second-order valence-electron chi connectivity index (χ2n) is 14.7. The molecule has 1 unspecified atom stereocenters. The van der Waals surface area contributed by atoms with E-state index in [2.05, 4.69) is 75.4 Å². The number of likely N-dealkylation sites (tertiary alicyclic amines) is 1. The van der Waals surface area contributed by atoms with Gasteiger partial charge in [0.2, 0.25) is 0 Å². The van der Waals surface area contributed by atoms with Gasteiger partial charge in [-0.05, 0) is 144 Å². The Labute approximate surface area is 336 Å². The summed E-state index contributed by atoms with van der Waals surface area (Å²) in [5, 5.41) is 15.2. The number of carbonyl (C=O) groups excluding carboxylic acids is 2. The van der Waals surface area contributed by atoms with E-state index in [9.17, 15) is 9.59 Å². The molecular formula is C39H50ClIN5O5PS. The zero-order valence-electron chi connectivity index (χ0n) is 31.9. The van der Waals surface area contributed by atoms with E-state index in [4.69, 9.17) is 36.5 Å². The summed E-state index contributed by atoms with van der Waals surface area (Å²) in [7, 11) is 0. The van der Waals surface area contributed by atoms with Crippen molar-refractivity contribution in [2.24, 2.45) is 0 Å². The normalized spacial score (nSPS) is 13.8. The lowest BCUT2D eigenvalue weighted by atomic mass is 9.93. The van der Waals surface area contributed by atoms with E-state index >= 15 is 0 Å². The molecule has 14 heteroatoms. The first kappa shape index (κ1) is 42.8. The second kappa shape index (κ2) is 18.6. The van der Waals surface area contributed by atoms with Gasteiger partial charge in [0.25, 0.3) is 6.47 Å². The number of hydrogen-bond acceptors (Lipinski definition) is 9. The summed E-state index contributed by atoms with van der Waals surface area (Å²) >= 11 is 10.3. The number of rotatable bonds is 7. The fraction of sp³-hybridized carbons (Fsp3) is 0.462. The zero-order chi connectivity index (χ0) is 39.1. The third kappa shape index (κ3) is 11.6. The molecule has 3 aromatic heterocycles. The number of ether oxygens (including phenoxy) is 2. The molecule has 5 aromatic rings. The SMILES string of the molecule is CC(C)(C)O.CCOC=O.CCc1c(C)cc2nc(-c3ccc4c(n3)c(C3CCN(C(=O)OC(C)(C)C)CC3)nn4PI)sc2c1-c1ccc(Cl)cc1. The summed E-state index contributed by atoms with van der Waals surface area (Å²) < 4.78 is 13.0. The zero-order valence-corrected chi connectivity index (χ0v) is 36.6. The van der Waals surface area contributed by atoms with Gasteiger partial charge in [0, 0.05) is 29.6 Å². The Hall–Kier alpha value is -2.90.